The van der Waals surface area contributed by atoms with Crippen molar-refractivity contribution in [1.82, 2.24) is 9.80 Å². The number of hydrogen-bond donors (Lipinski definition) is 1. The summed E-state index contributed by atoms with van der Waals surface area (Å²) in [6.07, 6.45) is -0.709. The van der Waals surface area contributed by atoms with Crippen molar-refractivity contribution >= 4 is 17.9 Å². The van der Waals surface area contributed by atoms with Gasteiger partial charge in [0, 0.05) is 13.6 Å². The Morgan fingerprint density at radius 1 is 1.00 bits per heavy atom. The van der Waals surface area contributed by atoms with E-state index >= 15 is 0 Å². The molecule has 0 aliphatic carbocycles. The molecule has 0 saturated carbocycles. The maximum atomic E-state index is 12.7. The second-order valence-corrected chi connectivity index (χ2v) is 6.03. The molecule has 0 bridgehead atoms. The standard InChI is InChI=1S/C19H18N2O4/c1-20(19(24)25)12-14(11-13-7-3-2-4-8-13)21-17(22)15-9-5-6-10-16(15)18(21)23/h2-10,14H,11-12H2,1H3,(H,24,25). The summed E-state index contributed by atoms with van der Waals surface area (Å²) in [4.78, 5) is 39.0. The van der Waals surface area contributed by atoms with Crippen LogP contribution in [0.5, 0.6) is 0 Å². The third-order valence-corrected chi connectivity index (χ3v) is 4.32. The number of fused-ring (bicyclic) bond motifs is 1. The van der Waals surface area contributed by atoms with Crippen LogP contribution in [0.3, 0.4) is 0 Å². The zero-order chi connectivity index (χ0) is 18.0. The number of carboxylic acid groups (broad SMARTS) is 1. The minimum Gasteiger partial charge on any atom is -0.465 e. The largest absolute Gasteiger partial charge is 0.465 e. The predicted molar refractivity (Wildman–Crippen MR) is 91.5 cm³/mol. The first-order valence-electron chi connectivity index (χ1n) is 7.94. The third-order valence-electron chi connectivity index (χ3n) is 4.32. The Morgan fingerprint density at radius 2 is 1.52 bits per heavy atom. The van der Waals surface area contributed by atoms with Gasteiger partial charge in [-0.2, -0.15) is 0 Å². The summed E-state index contributed by atoms with van der Waals surface area (Å²) < 4.78 is 0. The van der Waals surface area contributed by atoms with Crippen molar-refractivity contribution in [2.24, 2.45) is 0 Å². The molecule has 1 N–H and O–H groups in total. The maximum absolute atomic E-state index is 12.7. The average Bonchev–Trinajstić information content (AvgIpc) is 2.86. The first kappa shape index (κ1) is 16.7. The normalized spacial score (nSPS) is 14.4. The molecule has 3 rings (SSSR count). The van der Waals surface area contributed by atoms with Gasteiger partial charge in [0.1, 0.15) is 0 Å². The fourth-order valence-electron chi connectivity index (χ4n) is 3.06. The van der Waals surface area contributed by atoms with Gasteiger partial charge < -0.3 is 10.0 Å². The first-order chi connectivity index (χ1) is 12.0. The minimum atomic E-state index is -1.10. The Hall–Kier alpha value is -3.15. The van der Waals surface area contributed by atoms with Gasteiger partial charge in [0.2, 0.25) is 0 Å². The third kappa shape index (κ3) is 3.24. The summed E-state index contributed by atoms with van der Waals surface area (Å²) in [5, 5.41) is 9.18. The molecule has 1 heterocycles. The monoisotopic (exact) mass is 338 g/mol. The average molecular weight is 338 g/mol. The van der Waals surface area contributed by atoms with Gasteiger partial charge in [-0.1, -0.05) is 42.5 Å². The Balaban J connectivity index is 1.93. The molecule has 1 aliphatic heterocycles. The minimum absolute atomic E-state index is 0.0513. The van der Waals surface area contributed by atoms with Gasteiger partial charge >= 0.3 is 6.09 Å². The van der Waals surface area contributed by atoms with Crippen LogP contribution in [0, 0.1) is 0 Å². The molecule has 0 aromatic heterocycles. The lowest BCUT2D eigenvalue weighted by Crippen LogP contribution is -2.48. The summed E-state index contributed by atoms with van der Waals surface area (Å²) in [5.74, 6) is -0.749. The number of rotatable bonds is 5. The SMILES string of the molecule is CN(CC(Cc1ccccc1)N1C(=O)c2ccccc2C1=O)C(=O)O. The van der Waals surface area contributed by atoms with Gasteiger partial charge in [-0.15, -0.1) is 0 Å². The lowest BCUT2D eigenvalue weighted by atomic mass is 10.0. The van der Waals surface area contributed by atoms with Crippen LogP contribution in [0.15, 0.2) is 54.6 Å². The molecule has 6 heteroatoms. The lowest BCUT2D eigenvalue weighted by molar-refractivity contribution is 0.0547. The van der Waals surface area contributed by atoms with Crippen molar-refractivity contribution in [3.63, 3.8) is 0 Å². The molecule has 6 nitrogen and oxygen atoms in total. The molecule has 128 valence electrons. The van der Waals surface area contributed by atoms with E-state index in [1.165, 1.54) is 11.9 Å². The quantitative estimate of drug-likeness (QED) is 0.850. The van der Waals surface area contributed by atoms with Crippen molar-refractivity contribution < 1.29 is 19.5 Å². The molecule has 1 atom stereocenters. The van der Waals surface area contributed by atoms with Crippen LogP contribution in [0.2, 0.25) is 0 Å². The topological polar surface area (TPSA) is 77.9 Å². The molecular formula is C19H18N2O4. The van der Waals surface area contributed by atoms with Crippen LogP contribution >= 0.6 is 0 Å². The number of amides is 3. The molecule has 3 amide bonds. The number of nitrogens with zero attached hydrogens (tertiary/aromatic N) is 2. The van der Waals surface area contributed by atoms with Crippen LogP contribution in [-0.2, 0) is 6.42 Å². The van der Waals surface area contributed by atoms with Crippen molar-refractivity contribution in [3.8, 4) is 0 Å². The number of carbonyl (C=O) groups excluding carboxylic acids is 2. The van der Waals surface area contributed by atoms with E-state index in [9.17, 15) is 19.5 Å². The van der Waals surface area contributed by atoms with Gasteiger partial charge in [0.05, 0.1) is 17.2 Å². The van der Waals surface area contributed by atoms with Crippen LogP contribution in [0.4, 0.5) is 4.79 Å². The summed E-state index contributed by atoms with van der Waals surface area (Å²) in [7, 11) is 1.43. The van der Waals surface area contributed by atoms with E-state index < -0.39 is 12.1 Å². The van der Waals surface area contributed by atoms with Crippen LogP contribution in [0.25, 0.3) is 0 Å². The van der Waals surface area contributed by atoms with Crippen molar-refractivity contribution in [3.05, 3.63) is 71.3 Å². The molecule has 0 spiro atoms. The van der Waals surface area contributed by atoms with Crippen LogP contribution in [0.1, 0.15) is 26.3 Å². The molecule has 1 unspecified atom stereocenters. The van der Waals surface area contributed by atoms with E-state index in [1.54, 1.807) is 24.3 Å². The summed E-state index contributed by atoms with van der Waals surface area (Å²) in [6, 6.07) is 15.5. The van der Waals surface area contributed by atoms with Crippen molar-refractivity contribution in [2.75, 3.05) is 13.6 Å². The van der Waals surface area contributed by atoms with Crippen molar-refractivity contribution in [1.29, 1.82) is 0 Å². The Labute approximate surface area is 145 Å². The van der Waals surface area contributed by atoms with Gasteiger partial charge in [-0.05, 0) is 24.1 Å². The first-order valence-corrected chi connectivity index (χ1v) is 7.94. The van der Waals surface area contributed by atoms with Gasteiger partial charge in [0.15, 0.2) is 0 Å². The molecule has 0 saturated heterocycles. The number of imide groups is 1. The maximum Gasteiger partial charge on any atom is 0.407 e. The zero-order valence-electron chi connectivity index (χ0n) is 13.8. The highest BCUT2D eigenvalue weighted by atomic mass is 16.4. The molecule has 0 fully saturated rings. The molecule has 0 radical (unpaired) electrons. The van der Waals surface area contributed by atoms with E-state index in [1.807, 2.05) is 30.3 Å². The fraction of sp³-hybridized carbons (Fsp3) is 0.211. The van der Waals surface area contributed by atoms with Crippen LogP contribution < -0.4 is 0 Å². The summed E-state index contributed by atoms with van der Waals surface area (Å²) in [6.45, 7) is 0.0513. The lowest BCUT2D eigenvalue weighted by Gasteiger charge is -2.29. The Kier molecular flexibility index (Phi) is 4.52. The summed E-state index contributed by atoms with van der Waals surface area (Å²) >= 11 is 0. The van der Waals surface area contributed by atoms with E-state index in [2.05, 4.69) is 0 Å². The second-order valence-electron chi connectivity index (χ2n) is 6.03. The van der Waals surface area contributed by atoms with E-state index in [0.717, 1.165) is 10.5 Å². The zero-order valence-corrected chi connectivity index (χ0v) is 13.8. The Bertz CT molecular complexity index is 784. The van der Waals surface area contributed by atoms with E-state index in [0.29, 0.717) is 17.5 Å². The number of hydrogen-bond acceptors (Lipinski definition) is 3. The molecule has 2 aromatic rings. The van der Waals surface area contributed by atoms with E-state index in [-0.39, 0.29) is 18.4 Å². The Morgan fingerprint density at radius 3 is 2.04 bits per heavy atom. The van der Waals surface area contributed by atoms with Crippen molar-refractivity contribution in [2.45, 2.75) is 12.5 Å². The number of carbonyl (C=O) groups is 3. The van der Waals surface area contributed by atoms with Crippen LogP contribution in [-0.4, -0.2) is 52.4 Å². The van der Waals surface area contributed by atoms with E-state index in [4.69, 9.17) is 0 Å². The predicted octanol–water partition coefficient (Wildman–Crippen LogP) is 2.50. The highest BCUT2D eigenvalue weighted by Crippen LogP contribution is 2.26. The van der Waals surface area contributed by atoms with Gasteiger partial charge in [-0.25, -0.2) is 4.79 Å². The highest BCUT2D eigenvalue weighted by Gasteiger charge is 2.40. The molecule has 1 aliphatic rings. The smallest absolute Gasteiger partial charge is 0.407 e. The summed E-state index contributed by atoms with van der Waals surface area (Å²) in [5.41, 5.74) is 1.66. The van der Waals surface area contributed by atoms with Gasteiger partial charge in [0.25, 0.3) is 11.8 Å². The fourth-order valence-corrected chi connectivity index (χ4v) is 3.06. The molecular weight excluding hydrogens is 320 g/mol. The second kappa shape index (κ2) is 6.76. The number of benzene rings is 2. The van der Waals surface area contributed by atoms with Gasteiger partial charge in [-0.3, -0.25) is 14.5 Å². The highest BCUT2D eigenvalue weighted by molar-refractivity contribution is 6.21. The number of likely N-dealkylation sites (N-methyl/N-ethyl adjacent to an activating group) is 1. The molecule has 2 aromatic carbocycles. The molecule has 25 heavy (non-hydrogen) atoms.